The number of hydrogen-bond donors (Lipinski definition) is 1. The molecule has 0 aliphatic heterocycles. The zero-order valence-electron chi connectivity index (χ0n) is 8.56. The van der Waals surface area contributed by atoms with E-state index in [-0.39, 0.29) is 0 Å². The van der Waals surface area contributed by atoms with Gasteiger partial charge in [-0.1, -0.05) is 6.58 Å². The molecular formula is C10H18O2. The third-order valence-electron chi connectivity index (χ3n) is 1.66. The molecule has 0 aromatic heterocycles. The Labute approximate surface area is 74.6 Å². The average molecular weight is 170 g/mol. The highest BCUT2D eigenvalue weighted by molar-refractivity contribution is 5.08. The van der Waals surface area contributed by atoms with Crippen LogP contribution in [0.1, 0.15) is 34.6 Å². The fourth-order valence-electron chi connectivity index (χ4n) is 0.412. The molecule has 0 amide bonds. The Bertz CT molecular complexity index is 202. The maximum Gasteiger partial charge on any atom is 0.127 e. The molecule has 0 unspecified atom stereocenters. The van der Waals surface area contributed by atoms with Crippen molar-refractivity contribution in [1.82, 2.24) is 0 Å². The minimum Gasteiger partial charge on any atom is -0.464 e. The quantitative estimate of drug-likeness (QED) is 0.660. The Morgan fingerprint density at radius 1 is 1.25 bits per heavy atom. The summed E-state index contributed by atoms with van der Waals surface area (Å²) in [5.41, 5.74) is 0.108. The molecule has 0 saturated heterocycles. The Morgan fingerprint density at radius 2 is 1.67 bits per heavy atom. The predicted octanol–water partition coefficient (Wildman–Crippen LogP) is 2.60. The van der Waals surface area contributed by atoms with Crippen molar-refractivity contribution in [2.45, 2.75) is 40.2 Å². The summed E-state index contributed by atoms with van der Waals surface area (Å²) in [4.78, 5) is 0. The van der Waals surface area contributed by atoms with Crippen LogP contribution in [-0.2, 0) is 4.74 Å². The third kappa shape index (κ3) is 3.58. The van der Waals surface area contributed by atoms with Crippen molar-refractivity contribution in [3.63, 3.8) is 0 Å². The standard InChI is InChI=1S/C10H18O2/c1-7(2)8(3)12-9(4)10(5,6)11/h11H,4H2,1-3,5-6H3. The molecule has 2 nitrogen and oxygen atoms in total. The Morgan fingerprint density at radius 3 is 1.92 bits per heavy atom. The van der Waals surface area contributed by atoms with Gasteiger partial charge in [-0.05, 0) is 40.2 Å². The van der Waals surface area contributed by atoms with Crippen molar-refractivity contribution >= 4 is 0 Å². The number of hydrogen-bond acceptors (Lipinski definition) is 2. The van der Waals surface area contributed by atoms with Gasteiger partial charge in [0.05, 0.1) is 5.76 Å². The van der Waals surface area contributed by atoms with Crippen molar-refractivity contribution in [3.05, 3.63) is 23.7 Å². The van der Waals surface area contributed by atoms with Crippen molar-refractivity contribution < 1.29 is 9.84 Å². The van der Waals surface area contributed by atoms with Crippen LogP contribution in [0.3, 0.4) is 0 Å². The molecule has 0 aliphatic carbocycles. The van der Waals surface area contributed by atoms with Crippen molar-refractivity contribution in [2.75, 3.05) is 0 Å². The van der Waals surface area contributed by atoms with E-state index in [0.717, 1.165) is 11.3 Å². The minimum atomic E-state index is -0.975. The molecule has 0 saturated carbocycles. The molecule has 0 spiro atoms. The second-order valence-corrected chi connectivity index (χ2v) is 3.64. The van der Waals surface area contributed by atoms with E-state index in [1.165, 1.54) is 0 Å². The van der Waals surface area contributed by atoms with Crippen LogP contribution in [0.5, 0.6) is 0 Å². The molecule has 0 radical (unpaired) electrons. The fraction of sp³-hybridized carbons (Fsp3) is 0.600. The second-order valence-electron chi connectivity index (χ2n) is 3.64. The lowest BCUT2D eigenvalue weighted by atomic mass is 10.1. The monoisotopic (exact) mass is 170 g/mol. The lowest BCUT2D eigenvalue weighted by Gasteiger charge is -2.21. The summed E-state index contributed by atoms with van der Waals surface area (Å²) < 4.78 is 5.31. The molecule has 0 aromatic rings. The summed E-state index contributed by atoms with van der Waals surface area (Å²) >= 11 is 0. The molecule has 0 aromatic carbocycles. The van der Waals surface area contributed by atoms with Gasteiger partial charge in [0.2, 0.25) is 0 Å². The molecule has 2 heteroatoms. The van der Waals surface area contributed by atoms with E-state index in [2.05, 4.69) is 6.58 Å². The summed E-state index contributed by atoms with van der Waals surface area (Å²) in [6, 6.07) is 0. The van der Waals surface area contributed by atoms with E-state index >= 15 is 0 Å². The Kier molecular flexibility index (Phi) is 3.53. The normalized spacial score (nSPS) is 10.8. The van der Waals surface area contributed by atoms with Gasteiger partial charge in [0.15, 0.2) is 0 Å². The molecule has 0 rings (SSSR count). The highest BCUT2D eigenvalue weighted by Crippen LogP contribution is 2.19. The van der Waals surface area contributed by atoms with Gasteiger partial charge in [-0.3, -0.25) is 0 Å². The summed E-state index contributed by atoms with van der Waals surface area (Å²) in [5, 5.41) is 9.47. The van der Waals surface area contributed by atoms with E-state index in [1.807, 2.05) is 20.8 Å². The van der Waals surface area contributed by atoms with Crippen LogP contribution >= 0.6 is 0 Å². The molecule has 0 heterocycles. The van der Waals surface area contributed by atoms with Gasteiger partial charge in [-0.25, -0.2) is 0 Å². The number of allylic oxidation sites excluding steroid dienone is 2. The van der Waals surface area contributed by atoms with Gasteiger partial charge < -0.3 is 9.84 Å². The maximum absolute atomic E-state index is 9.47. The van der Waals surface area contributed by atoms with Crippen molar-refractivity contribution in [2.24, 2.45) is 0 Å². The smallest absolute Gasteiger partial charge is 0.127 e. The summed E-state index contributed by atoms with van der Waals surface area (Å²) in [6.07, 6.45) is 0. The van der Waals surface area contributed by atoms with Gasteiger partial charge in [-0.2, -0.15) is 0 Å². The zero-order valence-corrected chi connectivity index (χ0v) is 8.56. The fourth-order valence-corrected chi connectivity index (χ4v) is 0.412. The second kappa shape index (κ2) is 3.76. The van der Waals surface area contributed by atoms with Crippen LogP contribution in [0.4, 0.5) is 0 Å². The first-order valence-electron chi connectivity index (χ1n) is 3.99. The van der Waals surface area contributed by atoms with Crippen molar-refractivity contribution in [1.29, 1.82) is 0 Å². The topological polar surface area (TPSA) is 29.5 Å². The van der Waals surface area contributed by atoms with E-state index in [4.69, 9.17) is 4.74 Å². The number of ether oxygens (including phenoxy) is 1. The maximum atomic E-state index is 9.47. The first kappa shape index (κ1) is 11.2. The van der Waals surface area contributed by atoms with E-state index in [0.29, 0.717) is 5.76 Å². The highest BCUT2D eigenvalue weighted by Gasteiger charge is 2.19. The molecule has 0 bridgehead atoms. The molecule has 0 atom stereocenters. The highest BCUT2D eigenvalue weighted by atomic mass is 16.5. The van der Waals surface area contributed by atoms with Crippen molar-refractivity contribution in [3.8, 4) is 0 Å². The number of aliphatic hydroxyl groups is 1. The van der Waals surface area contributed by atoms with Gasteiger partial charge in [0.1, 0.15) is 11.4 Å². The molecule has 0 aliphatic rings. The summed E-state index contributed by atoms with van der Waals surface area (Å²) in [5.74, 6) is 1.17. The van der Waals surface area contributed by atoms with Gasteiger partial charge in [-0.15, -0.1) is 0 Å². The van der Waals surface area contributed by atoms with Crippen LogP contribution in [0, 0.1) is 0 Å². The molecule has 12 heavy (non-hydrogen) atoms. The van der Waals surface area contributed by atoms with Gasteiger partial charge in [0.25, 0.3) is 0 Å². The largest absolute Gasteiger partial charge is 0.464 e. The minimum absolute atomic E-state index is 0.376. The Balaban J connectivity index is 4.32. The lowest BCUT2D eigenvalue weighted by Crippen LogP contribution is -2.22. The number of rotatable bonds is 3. The molecule has 70 valence electrons. The third-order valence-corrected chi connectivity index (χ3v) is 1.66. The van der Waals surface area contributed by atoms with Crippen LogP contribution in [0.15, 0.2) is 23.7 Å². The van der Waals surface area contributed by atoms with E-state index in [1.54, 1.807) is 13.8 Å². The molecule has 0 fully saturated rings. The summed E-state index contributed by atoms with van der Waals surface area (Å²) in [7, 11) is 0. The first-order chi connectivity index (χ1) is 5.25. The Hall–Kier alpha value is -0.760. The van der Waals surface area contributed by atoms with Gasteiger partial charge in [0, 0.05) is 0 Å². The lowest BCUT2D eigenvalue weighted by molar-refractivity contribution is 0.0598. The molecular weight excluding hydrogens is 152 g/mol. The predicted molar refractivity (Wildman–Crippen MR) is 50.6 cm³/mol. The SMILES string of the molecule is C=C(OC(C)=C(C)C)C(C)(C)O. The van der Waals surface area contributed by atoms with Crippen LogP contribution in [-0.4, -0.2) is 10.7 Å². The van der Waals surface area contributed by atoms with E-state index in [9.17, 15) is 5.11 Å². The van der Waals surface area contributed by atoms with Crippen LogP contribution in [0.2, 0.25) is 0 Å². The van der Waals surface area contributed by atoms with Crippen LogP contribution in [0.25, 0.3) is 0 Å². The molecule has 1 N–H and O–H groups in total. The summed E-state index contributed by atoms with van der Waals surface area (Å²) in [6.45, 7) is 12.7. The van der Waals surface area contributed by atoms with E-state index < -0.39 is 5.60 Å². The van der Waals surface area contributed by atoms with Crippen LogP contribution < -0.4 is 0 Å². The van der Waals surface area contributed by atoms with Gasteiger partial charge >= 0.3 is 0 Å². The first-order valence-corrected chi connectivity index (χ1v) is 3.99. The average Bonchev–Trinajstić information content (AvgIpc) is 1.85. The zero-order chi connectivity index (χ0) is 9.94.